The number of hydrogen-bond acceptors (Lipinski definition) is 5. The zero-order chi connectivity index (χ0) is 18.8. The molecule has 1 aliphatic carbocycles. The SMILES string of the molecule is CC1CCN(C(c2ccc(N(C)C)cc2)c2nnnn2C2CCCC2)CC1. The van der Waals surface area contributed by atoms with Gasteiger partial charge in [0.25, 0.3) is 0 Å². The van der Waals surface area contributed by atoms with E-state index in [1.807, 2.05) is 0 Å². The van der Waals surface area contributed by atoms with E-state index in [2.05, 4.69) is 75.3 Å². The standard InChI is InChI=1S/C21H32N6/c1-16-12-14-26(15-13-16)20(17-8-10-18(11-9-17)25(2)3)21-22-23-24-27(21)19-6-4-5-7-19/h8-11,16,19-20H,4-7,12-15H2,1-3H3. The van der Waals surface area contributed by atoms with E-state index in [0.717, 1.165) is 24.8 Å². The Balaban J connectivity index is 1.69. The van der Waals surface area contributed by atoms with Gasteiger partial charge in [0.2, 0.25) is 0 Å². The van der Waals surface area contributed by atoms with Gasteiger partial charge in [0.15, 0.2) is 5.82 Å². The second-order valence-electron chi connectivity index (χ2n) is 8.53. The van der Waals surface area contributed by atoms with Crippen molar-refractivity contribution in [2.24, 2.45) is 5.92 Å². The average Bonchev–Trinajstić information content (AvgIpc) is 3.35. The van der Waals surface area contributed by atoms with E-state index >= 15 is 0 Å². The molecule has 4 rings (SSSR count). The number of hydrogen-bond donors (Lipinski definition) is 0. The van der Waals surface area contributed by atoms with E-state index in [1.165, 1.54) is 49.8 Å². The van der Waals surface area contributed by atoms with Gasteiger partial charge in [-0.25, -0.2) is 4.68 Å². The van der Waals surface area contributed by atoms with Gasteiger partial charge in [-0.15, -0.1) is 5.10 Å². The van der Waals surface area contributed by atoms with E-state index in [1.54, 1.807) is 0 Å². The van der Waals surface area contributed by atoms with Crippen molar-refractivity contribution in [3.63, 3.8) is 0 Å². The van der Waals surface area contributed by atoms with Crippen LogP contribution in [0.2, 0.25) is 0 Å². The van der Waals surface area contributed by atoms with Crippen molar-refractivity contribution in [3.8, 4) is 0 Å². The third-order valence-electron chi connectivity index (χ3n) is 6.34. The van der Waals surface area contributed by atoms with Crippen LogP contribution in [-0.2, 0) is 0 Å². The molecule has 1 aromatic heterocycles. The molecule has 6 heteroatoms. The van der Waals surface area contributed by atoms with Crippen LogP contribution in [0, 0.1) is 5.92 Å². The first-order valence-corrected chi connectivity index (χ1v) is 10.4. The summed E-state index contributed by atoms with van der Waals surface area (Å²) in [5.41, 5.74) is 2.52. The molecule has 0 radical (unpaired) electrons. The van der Waals surface area contributed by atoms with Gasteiger partial charge in [0.05, 0.1) is 12.1 Å². The summed E-state index contributed by atoms with van der Waals surface area (Å²) in [4.78, 5) is 4.73. The van der Waals surface area contributed by atoms with Crippen molar-refractivity contribution in [3.05, 3.63) is 35.7 Å². The minimum absolute atomic E-state index is 0.143. The van der Waals surface area contributed by atoms with Crippen LogP contribution in [0.4, 0.5) is 5.69 Å². The summed E-state index contributed by atoms with van der Waals surface area (Å²) in [7, 11) is 4.16. The minimum Gasteiger partial charge on any atom is -0.378 e. The highest BCUT2D eigenvalue weighted by atomic mass is 15.6. The van der Waals surface area contributed by atoms with Gasteiger partial charge in [-0.05, 0) is 72.8 Å². The summed E-state index contributed by atoms with van der Waals surface area (Å²) in [5, 5.41) is 13.1. The van der Waals surface area contributed by atoms with E-state index in [0.29, 0.717) is 6.04 Å². The van der Waals surface area contributed by atoms with Crippen LogP contribution in [-0.4, -0.2) is 52.3 Å². The lowest BCUT2D eigenvalue weighted by atomic mass is 9.95. The van der Waals surface area contributed by atoms with Crippen molar-refractivity contribution >= 4 is 5.69 Å². The Bertz CT molecular complexity index is 723. The molecule has 1 aromatic carbocycles. The first kappa shape index (κ1) is 18.4. The van der Waals surface area contributed by atoms with E-state index < -0.39 is 0 Å². The average molecular weight is 369 g/mol. The molecular weight excluding hydrogens is 336 g/mol. The maximum atomic E-state index is 4.54. The Labute approximate surface area is 162 Å². The molecule has 1 unspecified atom stereocenters. The Kier molecular flexibility index (Phi) is 5.43. The lowest BCUT2D eigenvalue weighted by Crippen LogP contribution is -2.38. The van der Waals surface area contributed by atoms with Crippen LogP contribution < -0.4 is 4.90 Å². The predicted molar refractivity (Wildman–Crippen MR) is 108 cm³/mol. The number of nitrogens with zero attached hydrogens (tertiary/aromatic N) is 6. The second-order valence-corrected chi connectivity index (χ2v) is 8.53. The molecule has 2 aromatic rings. The van der Waals surface area contributed by atoms with Crippen LogP contribution in [0.5, 0.6) is 0 Å². The molecule has 1 aliphatic heterocycles. The van der Waals surface area contributed by atoms with Gasteiger partial charge in [-0.3, -0.25) is 4.90 Å². The molecule has 0 N–H and O–H groups in total. The van der Waals surface area contributed by atoms with Crippen molar-refractivity contribution in [2.45, 2.75) is 57.5 Å². The largest absolute Gasteiger partial charge is 0.378 e. The van der Waals surface area contributed by atoms with Crippen molar-refractivity contribution in [2.75, 3.05) is 32.1 Å². The van der Waals surface area contributed by atoms with E-state index in [9.17, 15) is 0 Å². The third-order valence-corrected chi connectivity index (χ3v) is 6.34. The smallest absolute Gasteiger partial charge is 0.173 e. The van der Waals surface area contributed by atoms with Crippen LogP contribution >= 0.6 is 0 Å². The summed E-state index contributed by atoms with van der Waals surface area (Å²) in [6, 6.07) is 9.53. The Morgan fingerprint density at radius 1 is 1.00 bits per heavy atom. The van der Waals surface area contributed by atoms with E-state index in [4.69, 9.17) is 0 Å². The topological polar surface area (TPSA) is 50.1 Å². The molecule has 0 bridgehead atoms. The molecule has 0 amide bonds. The Morgan fingerprint density at radius 3 is 2.30 bits per heavy atom. The Morgan fingerprint density at radius 2 is 1.67 bits per heavy atom. The van der Waals surface area contributed by atoms with Crippen molar-refractivity contribution in [1.29, 1.82) is 0 Å². The van der Waals surface area contributed by atoms with Crippen LogP contribution in [0.15, 0.2) is 24.3 Å². The fourth-order valence-corrected chi connectivity index (χ4v) is 4.55. The van der Waals surface area contributed by atoms with Crippen molar-refractivity contribution in [1.82, 2.24) is 25.1 Å². The van der Waals surface area contributed by atoms with Gasteiger partial charge >= 0.3 is 0 Å². The summed E-state index contributed by atoms with van der Waals surface area (Å²) in [6.07, 6.45) is 7.46. The molecule has 6 nitrogen and oxygen atoms in total. The highest BCUT2D eigenvalue weighted by Crippen LogP contribution is 2.36. The molecule has 27 heavy (non-hydrogen) atoms. The maximum Gasteiger partial charge on any atom is 0.173 e. The molecule has 2 aliphatic rings. The van der Waals surface area contributed by atoms with Crippen molar-refractivity contribution < 1.29 is 0 Å². The van der Waals surface area contributed by atoms with Gasteiger partial charge in [0.1, 0.15) is 0 Å². The number of piperidine rings is 1. The first-order valence-electron chi connectivity index (χ1n) is 10.4. The number of likely N-dealkylation sites (tertiary alicyclic amines) is 1. The highest BCUT2D eigenvalue weighted by molar-refractivity contribution is 5.47. The lowest BCUT2D eigenvalue weighted by Gasteiger charge is -2.36. The fourth-order valence-electron chi connectivity index (χ4n) is 4.55. The normalized spacial score (nSPS) is 20.9. The maximum absolute atomic E-state index is 4.54. The first-order chi connectivity index (χ1) is 13.1. The third kappa shape index (κ3) is 3.86. The summed E-state index contributed by atoms with van der Waals surface area (Å²) in [6.45, 7) is 4.58. The zero-order valence-corrected chi connectivity index (χ0v) is 16.9. The van der Waals surface area contributed by atoms with Gasteiger partial charge in [-0.2, -0.15) is 0 Å². The lowest BCUT2D eigenvalue weighted by molar-refractivity contribution is 0.148. The molecule has 146 valence electrons. The van der Waals surface area contributed by atoms with Crippen LogP contribution in [0.1, 0.15) is 68.9 Å². The van der Waals surface area contributed by atoms with E-state index in [-0.39, 0.29) is 6.04 Å². The minimum atomic E-state index is 0.143. The molecule has 2 heterocycles. The summed E-state index contributed by atoms with van der Waals surface area (Å²) in [5.74, 6) is 1.83. The molecule has 0 spiro atoms. The number of rotatable bonds is 5. The number of benzene rings is 1. The van der Waals surface area contributed by atoms with Gasteiger partial charge < -0.3 is 4.90 Å². The summed E-state index contributed by atoms with van der Waals surface area (Å²) < 4.78 is 2.13. The van der Waals surface area contributed by atoms with Gasteiger partial charge in [0, 0.05) is 19.8 Å². The fraction of sp³-hybridized carbons (Fsp3) is 0.667. The molecule has 2 fully saturated rings. The zero-order valence-electron chi connectivity index (χ0n) is 16.9. The Hall–Kier alpha value is -1.95. The summed E-state index contributed by atoms with van der Waals surface area (Å²) >= 11 is 0. The highest BCUT2D eigenvalue weighted by Gasteiger charge is 2.32. The van der Waals surface area contributed by atoms with Crippen LogP contribution in [0.3, 0.4) is 0 Å². The molecule has 1 saturated carbocycles. The monoisotopic (exact) mass is 368 g/mol. The molecule has 1 atom stereocenters. The number of tetrazole rings is 1. The van der Waals surface area contributed by atoms with Crippen LogP contribution in [0.25, 0.3) is 0 Å². The number of anilines is 1. The quantitative estimate of drug-likeness (QED) is 0.806. The molecule has 1 saturated heterocycles. The second kappa shape index (κ2) is 7.97. The predicted octanol–water partition coefficient (Wildman–Crippen LogP) is 3.68. The molecular formula is C21H32N6. The number of aromatic nitrogens is 4. The van der Waals surface area contributed by atoms with Gasteiger partial charge in [-0.1, -0.05) is 31.9 Å².